The third-order valence-electron chi connectivity index (χ3n) is 2.85. The highest BCUT2D eigenvalue weighted by Crippen LogP contribution is 2.32. The first kappa shape index (κ1) is 10.3. The van der Waals surface area contributed by atoms with Gasteiger partial charge in [-0.3, -0.25) is 0 Å². The van der Waals surface area contributed by atoms with Gasteiger partial charge in [-0.2, -0.15) is 0 Å². The van der Waals surface area contributed by atoms with Crippen molar-refractivity contribution in [1.82, 2.24) is 0 Å². The fraction of sp³-hybridized carbons (Fsp3) is 0.364. The largest absolute Gasteiger partial charge is 0.480 e. The Hall–Kier alpha value is -1.22. The number of nitrogens with one attached hydrogen (secondary N) is 1. The van der Waals surface area contributed by atoms with Gasteiger partial charge in [0.25, 0.3) is 0 Å². The molecule has 3 nitrogen and oxygen atoms in total. The van der Waals surface area contributed by atoms with E-state index < -0.39 is 11.5 Å². The molecule has 4 heteroatoms. The highest BCUT2D eigenvalue weighted by atomic mass is 35.5. The number of aliphatic carboxylic acids is 1. The predicted molar refractivity (Wildman–Crippen MR) is 59.4 cm³/mol. The van der Waals surface area contributed by atoms with Gasteiger partial charge in [-0.25, -0.2) is 4.79 Å². The molecule has 2 N–H and O–H groups in total. The second kappa shape index (κ2) is 3.42. The average Bonchev–Trinajstić information content (AvgIpc) is 2.16. The number of carboxylic acid groups (broad SMARTS) is 1. The predicted octanol–water partition coefficient (Wildman–Crippen LogP) is 2.54. The lowest BCUT2D eigenvalue weighted by Gasteiger charge is -2.33. The van der Waals surface area contributed by atoms with Crippen LogP contribution < -0.4 is 5.32 Å². The second-order valence-corrected chi connectivity index (χ2v) is 4.50. The average molecular weight is 226 g/mol. The van der Waals surface area contributed by atoms with Gasteiger partial charge in [-0.05, 0) is 37.5 Å². The fourth-order valence-electron chi connectivity index (χ4n) is 1.79. The number of hydrogen-bond acceptors (Lipinski definition) is 2. The van der Waals surface area contributed by atoms with Gasteiger partial charge in [0.15, 0.2) is 0 Å². The van der Waals surface area contributed by atoms with Crippen LogP contribution in [0, 0.1) is 0 Å². The van der Waals surface area contributed by atoms with Gasteiger partial charge in [0.05, 0.1) is 0 Å². The highest BCUT2D eigenvalue weighted by molar-refractivity contribution is 6.30. The lowest BCUT2D eigenvalue weighted by molar-refractivity contribution is -0.142. The maximum absolute atomic E-state index is 11.1. The van der Waals surface area contributed by atoms with Crippen molar-refractivity contribution in [2.45, 2.75) is 25.3 Å². The van der Waals surface area contributed by atoms with Gasteiger partial charge < -0.3 is 10.4 Å². The molecule has 1 aliphatic rings. The minimum atomic E-state index is -0.877. The normalized spacial score (nSPS) is 24.1. The van der Waals surface area contributed by atoms with Gasteiger partial charge >= 0.3 is 5.97 Å². The van der Waals surface area contributed by atoms with Gasteiger partial charge in [0.1, 0.15) is 5.54 Å². The molecule has 1 aromatic rings. The Morgan fingerprint density at radius 2 is 2.33 bits per heavy atom. The van der Waals surface area contributed by atoms with Crippen LogP contribution in [0.5, 0.6) is 0 Å². The van der Waals surface area contributed by atoms with Crippen LogP contribution >= 0.6 is 11.6 Å². The van der Waals surface area contributed by atoms with Crippen molar-refractivity contribution in [2.24, 2.45) is 0 Å². The number of carboxylic acids is 1. The quantitative estimate of drug-likeness (QED) is 0.772. The zero-order valence-corrected chi connectivity index (χ0v) is 9.14. The lowest BCUT2D eigenvalue weighted by Crippen LogP contribution is -2.46. The number of anilines is 1. The van der Waals surface area contributed by atoms with E-state index in [1.54, 1.807) is 13.0 Å². The molecule has 0 bridgehead atoms. The monoisotopic (exact) mass is 225 g/mol. The van der Waals surface area contributed by atoms with E-state index in [1.165, 1.54) is 0 Å². The molecule has 1 unspecified atom stereocenters. The minimum Gasteiger partial charge on any atom is -0.480 e. The molecule has 15 heavy (non-hydrogen) atoms. The van der Waals surface area contributed by atoms with Gasteiger partial charge in [0.2, 0.25) is 0 Å². The first-order valence-corrected chi connectivity index (χ1v) is 5.19. The van der Waals surface area contributed by atoms with Crippen molar-refractivity contribution in [3.63, 3.8) is 0 Å². The topological polar surface area (TPSA) is 49.3 Å². The Morgan fingerprint density at radius 1 is 1.60 bits per heavy atom. The summed E-state index contributed by atoms with van der Waals surface area (Å²) in [5.41, 5.74) is 1.08. The highest BCUT2D eigenvalue weighted by Gasteiger charge is 2.36. The summed E-state index contributed by atoms with van der Waals surface area (Å²) in [5.74, 6) is -0.826. The van der Waals surface area contributed by atoms with Crippen molar-refractivity contribution >= 4 is 23.3 Å². The summed E-state index contributed by atoms with van der Waals surface area (Å²) in [4.78, 5) is 11.1. The maximum atomic E-state index is 11.1. The summed E-state index contributed by atoms with van der Waals surface area (Å²) >= 11 is 5.86. The lowest BCUT2D eigenvalue weighted by atomic mass is 9.88. The molecule has 1 heterocycles. The SMILES string of the molecule is CC1(C(=O)O)CCc2ccc(Cl)cc2N1. The molecule has 0 aromatic heterocycles. The first-order valence-electron chi connectivity index (χ1n) is 4.81. The molecule has 0 aliphatic carbocycles. The minimum absolute atomic E-state index is 0.594. The molecule has 0 spiro atoms. The first-order chi connectivity index (χ1) is 7.01. The molecule has 1 atom stereocenters. The van der Waals surface area contributed by atoms with Crippen LogP contribution in [0.25, 0.3) is 0 Å². The van der Waals surface area contributed by atoms with E-state index in [0.29, 0.717) is 11.4 Å². The Balaban J connectivity index is 2.37. The van der Waals surface area contributed by atoms with E-state index in [0.717, 1.165) is 17.7 Å². The summed E-state index contributed by atoms with van der Waals surface area (Å²) in [6.07, 6.45) is 1.36. The van der Waals surface area contributed by atoms with Gasteiger partial charge in [-0.1, -0.05) is 17.7 Å². The Kier molecular flexibility index (Phi) is 2.35. The molecule has 80 valence electrons. The molecule has 2 rings (SSSR count). The van der Waals surface area contributed by atoms with E-state index in [2.05, 4.69) is 5.32 Å². The molecular weight excluding hydrogens is 214 g/mol. The van der Waals surface area contributed by atoms with Crippen LogP contribution in [-0.2, 0) is 11.2 Å². The van der Waals surface area contributed by atoms with Crippen molar-refractivity contribution in [3.05, 3.63) is 28.8 Å². The van der Waals surface area contributed by atoms with Crippen LogP contribution in [0.15, 0.2) is 18.2 Å². The summed E-state index contributed by atoms with van der Waals surface area (Å²) in [6.45, 7) is 1.69. The smallest absolute Gasteiger partial charge is 0.329 e. The van der Waals surface area contributed by atoms with Gasteiger partial charge in [0, 0.05) is 10.7 Å². The summed E-state index contributed by atoms with van der Waals surface area (Å²) in [7, 11) is 0. The summed E-state index contributed by atoms with van der Waals surface area (Å²) in [6, 6.07) is 5.54. The number of rotatable bonds is 1. The van der Waals surface area contributed by atoms with Crippen LogP contribution in [0.1, 0.15) is 18.9 Å². The van der Waals surface area contributed by atoms with Gasteiger partial charge in [-0.15, -0.1) is 0 Å². The van der Waals surface area contributed by atoms with Crippen LogP contribution in [-0.4, -0.2) is 16.6 Å². The standard InChI is InChI=1S/C11H12ClNO2/c1-11(10(14)15)5-4-7-2-3-8(12)6-9(7)13-11/h2-3,6,13H,4-5H2,1H3,(H,14,15). The third kappa shape index (κ3) is 1.79. The summed E-state index contributed by atoms with van der Waals surface area (Å²) in [5, 5.41) is 12.7. The Bertz CT molecular complexity index is 419. The zero-order valence-electron chi connectivity index (χ0n) is 8.38. The molecule has 0 fully saturated rings. The summed E-state index contributed by atoms with van der Waals surface area (Å²) < 4.78 is 0. The number of fused-ring (bicyclic) bond motifs is 1. The zero-order chi connectivity index (χ0) is 11.1. The number of benzene rings is 1. The van der Waals surface area contributed by atoms with E-state index >= 15 is 0 Å². The van der Waals surface area contributed by atoms with Crippen LogP contribution in [0.3, 0.4) is 0 Å². The molecule has 1 aromatic carbocycles. The van der Waals surface area contributed by atoms with E-state index in [1.807, 2.05) is 12.1 Å². The fourth-order valence-corrected chi connectivity index (χ4v) is 1.96. The molecule has 0 saturated heterocycles. The molecule has 1 aliphatic heterocycles. The molecule has 0 radical (unpaired) electrons. The Labute approximate surface area is 93.1 Å². The van der Waals surface area contributed by atoms with E-state index in [-0.39, 0.29) is 0 Å². The maximum Gasteiger partial charge on any atom is 0.329 e. The van der Waals surface area contributed by atoms with Crippen LogP contribution in [0.4, 0.5) is 5.69 Å². The van der Waals surface area contributed by atoms with E-state index in [4.69, 9.17) is 16.7 Å². The number of aryl methyl sites for hydroxylation is 1. The number of halogens is 1. The van der Waals surface area contributed by atoms with E-state index in [9.17, 15) is 4.79 Å². The second-order valence-electron chi connectivity index (χ2n) is 4.06. The van der Waals surface area contributed by atoms with Crippen molar-refractivity contribution in [2.75, 3.05) is 5.32 Å². The molecule has 0 saturated carbocycles. The molecule has 0 amide bonds. The number of carbonyl (C=O) groups is 1. The van der Waals surface area contributed by atoms with Crippen LogP contribution in [0.2, 0.25) is 5.02 Å². The van der Waals surface area contributed by atoms with Crippen molar-refractivity contribution in [1.29, 1.82) is 0 Å². The Morgan fingerprint density at radius 3 is 3.00 bits per heavy atom. The third-order valence-corrected chi connectivity index (χ3v) is 3.08. The molecular formula is C11H12ClNO2. The number of hydrogen-bond donors (Lipinski definition) is 2. The van der Waals surface area contributed by atoms with Crippen molar-refractivity contribution in [3.8, 4) is 0 Å². The van der Waals surface area contributed by atoms with Crippen molar-refractivity contribution < 1.29 is 9.90 Å².